The number of nitrogens with one attached hydrogen (secondary N) is 1. The van der Waals surface area contributed by atoms with Crippen LogP contribution >= 0.6 is 0 Å². The van der Waals surface area contributed by atoms with E-state index in [1.54, 1.807) is 12.4 Å². The van der Waals surface area contributed by atoms with Crippen molar-refractivity contribution in [2.45, 2.75) is 20.4 Å². The second-order valence-corrected chi connectivity index (χ2v) is 3.33. The summed E-state index contributed by atoms with van der Waals surface area (Å²) in [7, 11) is 0. The molecule has 5 nitrogen and oxygen atoms in total. The van der Waals surface area contributed by atoms with E-state index in [2.05, 4.69) is 15.1 Å². The van der Waals surface area contributed by atoms with E-state index < -0.39 is 0 Å². The summed E-state index contributed by atoms with van der Waals surface area (Å²) in [6.45, 7) is 4.73. The van der Waals surface area contributed by atoms with Crippen molar-refractivity contribution in [3.63, 3.8) is 0 Å². The molecule has 0 fully saturated rings. The van der Waals surface area contributed by atoms with Gasteiger partial charge in [-0.25, -0.2) is 9.78 Å². The van der Waals surface area contributed by atoms with Crippen LogP contribution in [0.25, 0.3) is 11.3 Å². The maximum atomic E-state index is 11.1. The molecule has 0 radical (unpaired) electrons. The summed E-state index contributed by atoms with van der Waals surface area (Å²) in [5.74, 6) is 0. The van der Waals surface area contributed by atoms with Crippen LogP contribution in [0.2, 0.25) is 0 Å². The third-order valence-corrected chi connectivity index (χ3v) is 2.25. The zero-order valence-electron chi connectivity index (χ0n) is 8.69. The van der Waals surface area contributed by atoms with E-state index >= 15 is 0 Å². The molecule has 0 aliphatic rings. The summed E-state index contributed by atoms with van der Waals surface area (Å²) >= 11 is 0. The fourth-order valence-electron chi connectivity index (χ4n) is 1.42. The van der Waals surface area contributed by atoms with Crippen molar-refractivity contribution in [2.75, 3.05) is 0 Å². The maximum Gasteiger partial charge on any atom is 0.345 e. The molecule has 0 unspecified atom stereocenters. The van der Waals surface area contributed by atoms with Gasteiger partial charge < -0.3 is 4.98 Å². The minimum atomic E-state index is -0.333. The van der Waals surface area contributed by atoms with E-state index in [1.165, 1.54) is 0 Å². The number of aromatic nitrogens is 4. The largest absolute Gasteiger partial charge is 0.345 e. The fraction of sp³-hybridized carbons (Fsp3) is 0.300. The molecule has 78 valence electrons. The molecule has 1 N–H and O–H groups in total. The zero-order valence-corrected chi connectivity index (χ0v) is 8.69. The molecule has 2 aromatic rings. The first-order valence-electron chi connectivity index (χ1n) is 4.79. The molecule has 0 aliphatic heterocycles. The summed E-state index contributed by atoms with van der Waals surface area (Å²) in [6.07, 6.45) is 5.21. The van der Waals surface area contributed by atoms with Gasteiger partial charge in [-0.15, -0.1) is 0 Å². The minimum absolute atomic E-state index is 0.333. The molecule has 2 rings (SSSR count). The lowest BCUT2D eigenvalue weighted by molar-refractivity contribution is 0.660. The zero-order chi connectivity index (χ0) is 10.8. The van der Waals surface area contributed by atoms with Crippen LogP contribution in [0.3, 0.4) is 0 Å². The average molecular weight is 204 g/mol. The first-order chi connectivity index (χ1) is 7.20. The van der Waals surface area contributed by atoms with Crippen molar-refractivity contribution in [2.24, 2.45) is 0 Å². The Hall–Kier alpha value is -1.91. The second kappa shape index (κ2) is 3.68. The van der Waals surface area contributed by atoms with E-state index in [1.807, 2.05) is 24.7 Å². The molecule has 0 bridgehead atoms. The summed E-state index contributed by atoms with van der Waals surface area (Å²) in [5.41, 5.74) is 2.30. The van der Waals surface area contributed by atoms with Crippen LogP contribution in [0.1, 0.15) is 12.5 Å². The monoisotopic (exact) mass is 204 g/mol. The third-order valence-electron chi connectivity index (χ3n) is 2.25. The van der Waals surface area contributed by atoms with Crippen LogP contribution in [0.15, 0.2) is 23.4 Å². The van der Waals surface area contributed by atoms with Crippen molar-refractivity contribution in [3.05, 3.63) is 34.6 Å². The molecule has 0 aliphatic carbocycles. The van der Waals surface area contributed by atoms with Gasteiger partial charge in [-0.05, 0) is 19.4 Å². The summed E-state index contributed by atoms with van der Waals surface area (Å²) in [6, 6.07) is 0. The molecular formula is C10H12N4O. The summed E-state index contributed by atoms with van der Waals surface area (Å²) in [4.78, 5) is 17.5. The Kier molecular flexibility index (Phi) is 2.37. The van der Waals surface area contributed by atoms with Crippen molar-refractivity contribution < 1.29 is 0 Å². The van der Waals surface area contributed by atoms with Crippen LogP contribution in [-0.4, -0.2) is 19.7 Å². The SMILES string of the molecule is CCn1cc(-c2[nH]c(=O)ncc2C)cn1. The highest BCUT2D eigenvalue weighted by Crippen LogP contribution is 2.17. The van der Waals surface area contributed by atoms with Gasteiger partial charge >= 0.3 is 5.69 Å². The van der Waals surface area contributed by atoms with Gasteiger partial charge in [0.2, 0.25) is 0 Å². The lowest BCUT2D eigenvalue weighted by atomic mass is 10.2. The van der Waals surface area contributed by atoms with Crippen molar-refractivity contribution in [1.82, 2.24) is 19.7 Å². The molecule has 0 amide bonds. The predicted octanol–water partition coefficient (Wildman–Crippen LogP) is 0.962. The van der Waals surface area contributed by atoms with E-state index in [0.29, 0.717) is 0 Å². The number of hydrogen-bond donors (Lipinski definition) is 1. The maximum absolute atomic E-state index is 11.1. The normalized spacial score (nSPS) is 10.5. The highest BCUT2D eigenvalue weighted by atomic mass is 16.1. The van der Waals surface area contributed by atoms with Crippen LogP contribution in [0.5, 0.6) is 0 Å². The molecule has 0 aromatic carbocycles. The Morgan fingerprint density at radius 2 is 2.27 bits per heavy atom. The van der Waals surface area contributed by atoms with E-state index in [0.717, 1.165) is 23.4 Å². The smallest absolute Gasteiger partial charge is 0.305 e. The molecule has 2 heterocycles. The second-order valence-electron chi connectivity index (χ2n) is 3.33. The van der Waals surface area contributed by atoms with Gasteiger partial charge in [0.05, 0.1) is 11.9 Å². The fourth-order valence-corrected chi connectivity index (χ4v) is 1.42. The summed E-state index contributed by atoms with van der Waals surface area (Å²) in [5, 5.41) is 4.16. The standard InChI is InChI=1S/C10H12N4O/c1-3-14-6-8(5-12-14)9-7(2)4-11-10(15)13-9/h4-6H,3H2,1-2H3,(H,11,13,15). The number of aryl methyl sites for hydroxylation is 2. The first kappa shape index (κ1) is 9.64. The molecule has 0 saturated carbocycles. The van der Waals surface area contributed by atoms with Crippen molar-refractivity contribution >= 4 is 0 Å². The average Bonchev–Trinajstić information content (AvgIpc) is 2.70. The number of H-pyrrole nitrogens is 1. The molecule has 0 atom stereocenters. The number of hydrogen-bond acceptors (Lipinski definition) is 3. The topological polar surface area (TPSA) is 63.6 Å². The Bertz CT molecular complexity index is 526. The molecular weight excluding hydrogens is 192 g/mol. The van der Waals surface area contributed by atoms with Gasteiger partial charge in [0.1, 0.15) is 0 Å². The highest BCUT2D eigenvalue weighted by molar-refractivity contribution is 5.60. The Balaban J connectivity index is 2.53. The molecule has 15 heavy (non-hydrogen) atoms. The molecule has 0 spiro atoms. The molecule has 0 saturated heterocycles. The quantitative estimate of drug-likeness (QED) is 0.792. The minimum Gasteiger partial charge on any atom is -0.305 e. The first-order valence-corrected chi connectivity index (χ1v) is 4.79. The molecule has 5 heteroatoms. The van der Waals surface area contributed by atoms with Gasteiger partial charge in [0, 0.05) is 24.5 Å². The van der Waals surface area contributed by atoms with Crippen LogP contribution in [0, 0.1) is 6.92 Å². The van der Waals surface area contributed by atoms with Crippen molar-refractivity contribution in [1.29, 1.82) is 0 Å². The van der Waals surface area contributed by atoms with E-state index in [4.69, 9.17) is 0 Å². The number of rotatable bonds is 2. The van der Waals surface area contributed by atoms with Gasteiger partial charge in [-0.3, -0.25) is 4.68 Å². The predicted molar refractivity (Wildman–Crippen MR) is 56.5 cm³/mol. The van der Waals surface area contributed by atoms with Gasteiger partial charge in [0.15, 0.2) is 0 Å². The highest BCUT2D eigenvalue weighted by Gasteiger charge is 2.05. The molecule has 2 aromatic heterocycles. The Morgan fingerprint density at radius 1 is 1.47 bits per heavy atom. The van der Waals surface area contributed by atoms with Gasteiger partial charge in [-0.2, -0.15) is 5.10 Å². The number of nitrogens with zero attached hydrogens (tertiary/aromatic N) is 3. The van der Waals surface area contributed by atoms with Crippen LogP contribution in [0.4, 0.5) is 0 Å². The Morgan fingerprint density at radius 3 is 2.93 bits per heavy atom. The van der Waals surface area contributed by atoms with Gasteiger partial charge in [0.25, 0.3) is 0 Å². The van der Waals surface area contributed by atoms with E-state index in [-0.39, 0.29) is 5.69 Å². The van der Waals surface area contributed by atoms with Gasteiger partial charge in [-0.1, -0.05) is 0 Å². The summed E-state index contributed by atoms with van der Waals surface area (Å²) < 4.78 is 1.81. The van der Waals surface area contributed by atoms with Crippen molar-refractivity contribution in [3.8, 4) is 11.3 Å². The lowest BCUT2D eigenvalue weighted by Crippen LogP contribution is -2.11. The Labute approximate surface area is 86.8 Å². The third kappa shape index (κ3) is 1.81. The lowest BCUT2D eigenvalue weighted by Gasteiger charge is -2.00. The van der Waals surface area contributed by atoms with Crippen LogP contribution < -0.4 is 5.69 Å². The number of aromatic amines is 1. The van der Waals surface area contributed by atoms with E-state index in [9.17, 15) is 4.79 Å². The van der Waals surface area contributed by atoms with Crippen LogP contribution in [-0.2, 0) is 6.54 Å².